The lowest BCUT2D eigenvalue weighted by Crippen LogP contribution is -2.15. The smallest absolute Gasteiger partial charge is 0.308 e. The van der Waals surface area contributed by atoms with Gasteiger partial charge in [0.2, 0.25) is 0 Å². The monoisotopic (exact) mass is 237 g/mol. The molecule has 1 aromatic heterocycles. The molecule has 0 bridgehead atoms. The lowest BCUT2D eigenvalue weighted by Gasteiger charge is -2.09. The summed E-state index contributed by atoms with van der Waals surface area (Å²) in [6, 6.07) is 2.10. The van der Waals surface area contributed by atoms with Crippen molar-refractivity contribution in [3.63, 3.8) is 0 Å². The number of hydrogen-bond acceptors (Lipinski definition) is 3. The summed E-state index contributed by atoms with van der Waals surface area (Å²) >= 11 is 0. The van der Waals surface area contributed by atoms with E-state index in [9.17, 15) is 13.2 Å². The molecular formula is C10H18F3N3. The molecule has 0 unspecified atom stereocenters. The average Bonchev–Trinajstić information content (AvgIpc) is 2.33. The van der Waals surface area contributed by atoms with Crippen LogP contribution in [0.2, 0.25) is 0 Å². The third-order valence-electron chi connectivity index (χ3n) is 1.25. The second-order valence-electron chi connectivity index (χ2n) is 2.04. The number of nitrogen functional groups attached to an aromatic ring is 1. The number of rotatable bonds is 1. The third-order valence-corrected chi connectivity index (χ3v) is 1.25. The molecule has 1 rings (SSSR count). The van der Waals surface area contributed by atoms with Crippen molar-refractivity contribution < 1.29 is 13.2 Å². The number of halogens is 3. The Morgan fingerprint density at radius 1 is 1.19 bits per heavy atom. The van der Waals surface area contributed by atoms with Crippen LogP contribution < -0.4 is 11.3 Å². The Morgan fingerprint density at radius 3 is 2.00 bits per heavy atom. The molecule has 0 spiro atoms. The highest BCUT2D eigenvalue weighted by atomic mass is 19.4. The summed E-state index contributed by atoms with van der Waals surface area (Å²) in [4.78, 5) is 3.41. The summed E-state index contributed by atoms with van der Waals surface area (Å²) in [6.45, 7) is 8.00. The molecular weight excluding hydrogens is 219 g/mol. The highest BCUT2D eigenvalue weighted by Gasteiger charge is 2.33. The maximum atomic E-state index is 12.1. The van der Waals surface area contributed by atoms with Gasteiger partial charge in [-0.15, -0.1) is 0 Å². The molecule has 0 radical (unpaired) electrons. The molecule has 94 valence electrons. The van der Waals surface area contributed by atoms with E-state index < -0.39 is 11.7 Å². The number of alkyl halides is 3. The number of nitrogens with two attached hydrogens (primary N) is 1. The largest absolute Gasteiger partial charge is 0.419 e. The molecule has 0 aliphatic rings. The summed E-state index contributed by atoms with van der Waals surface area (Å²) in [6.07, 6.45) is -3.19. The molecule has 3 N–H and O–H groups in total. The van der Waals surface area contributed by atoms with Gasteiger partial charge in [0.25, 0.3) is 0 Å². The van der Waals surface area contributed by atoms with E-state index in [1.165, 1.54) is 12.3 Å². The van der Waals surface area contributed by atoms with Gasteiger partial charge in [-0.3, -0.25) is 0 Å². The van der Waals surface area contributed by atoms with E-state index in [0.29, 0.717) is 0 Å². The quantitative estimate of drug-likeness (QED) is 0.581. The minimum Gasteiger partial charge on any atom is -0.308 e. The third kappa shape index (κ3) is 5.55. The zero-order valence-corrected chi connectivity index (χ0v) is 9.89. The van der Waals surface area contributed by atoms with Crippen molar-refractivity contribution in [1.29, 1.82) is 0 Å². The zero-order valence-electron chi connectivity index (χ0n) is 9.89. The van der Waals surface area contributed by atoms with Crippen molar-refractivity contribution in [2.45, 2.75) is 33.9 Å². The molecule has 0 aliphatic carbocycles. The zero-order chi connectivity index (χ0) is 13.2. The second-order valence-corrected chi connectivity index (χ2v) is 2.04. The van der Waals surface area contributed by atoms with E-state index in [4.69, 9.17) is 5.84 Å². The molecule has 0 fully saturated rings. The van der Waals surface area contributed by atoms with Gasteiger partial charge in [0.05, 0.1) is 5.56 Å². The molecule has 16 heavy (non-hydrogen) atoms. The molecule has 0 aromatic carbocycles. The first-order valence-electron chi connectivity index (χ1n) is 5.04. The number of nitrogens with one attached hydrogen (secondary N) is 1. The van der Waals surface area contributed by atoms with Gasteiger partial charge in [-0.05, 0) is 12.1 Å². The number of nitrogens with zero attached hydrogens (tertiary/aromatic N) is 1. The number of pyridine rings is 1. The van der Waals surface area contributed by atoms with Crippen LogP contribution >= 0.6 is 0 Å². The first-order valence-corrected chi connectivity index (χ1v) is 5.04. The maximum absolute atomic E-state index is 12.1. The van der Waals surface area contributed by atoms with Crippen LogP contribution in [0.1, 0.15) is 33.3 Å². The van der Waals surface area contributed by atoms with Crippen molar-refractivity contribution >= 4 is 5.82 Å². The molecule has 6 heteroatoms. The van der Waals surface area contributed by atoms with Crippen molar-refractivity contribution in [1.82, 2.24) is 4.98 Å². The fourth-order valence-electron chi connectivity index (χ4n) is 0.749. The fraction of sp³-hybridized carbons (Fsp3) is 0.500. The van der Waals surface area contributed by atoms with Gasteiger partial charge in [-0.2, -0.15) is 13.2 Å². The topological polar surface area (TPSA) is 50.9 Å². The van der Waals surface area contributed by atoms with Crippen LogP contribution in [0.4, 0.5) is 19.0 Å². The Morgan fingerprint density at radius 2 is 1.69 bits per heavy atom. The van der Waals surface area contributed by atoms with Gasteiger partial charge in [0.15, 0.2) is 5.82 Å². The van der Waals surface area contributed by atoms with Gasteiger partial charge in [-0.1, -0.05) is 27.7 Å². The summed E-state index contributed by atoms with van der Waals surface area (Å²) in [5.74, 6) is 4.46. The van der Waals surface area contributed by atoms with Crippen LogP contribution in [0.25, 0.3) is 0 Å². The normalized spacial score (nSPS) is 9.25. The molecule has 0 saturated heterocycles. The molecule has 0 aliphatic heterocycles. The minimum absolute atomic E-state index is 0.370. The van der Waals surface area contributed by atoms with E-state index in [-0.39, 0.29) is 5.82 Å². The van der Waals surface area contributed by atoms with E-state index >= 15 is 0 Å². The van der Waals surface area contributed by atoms with Crippen LogP contribution in [-0.2, 0) is 6.18 Å². The Bertz CT molecular complexity index is 274. The summed E-state index contributed by atoms with van der Waals surface area (Å²) in [5.41, 5.74) is 1.00. The van der Waals surface area contributed by atoms with Crippen molar-refractivity contribution in [2.24, 2.45) is 5.84 Å². The number of hydrogen-bond donors (Lipinski definition) is 2. The Hall–Kier alpha value is -1.30. The lowest BCUT2D eigenvalue weighted by molar-refractivity contribution is -0.137. The maximum Gasteiger partial charge on any atom is 0.419 e. The SMILES string of the molecule is CC.CC.NNc1ncccc1C(F)(F)F. The Kier molecular flexibility index (Phi) is 9.58. The minimum atomic E-state index is -4.42. The van der Waals surface area contributed by atoms with E-state index in [0.717, 1.165) is 6.07 Å². The lowest BCUT2D eigenvalue weighted by atomic mass is 10.2. The van der Waals surface area contributed by atoms with Crippen LogP contribution in [0.15, 0.2) is 18.3 Å². The molecule has 1 heterocycles. The van der Waals surface area contributed by atoms with Crippen molar-refractivity contribution in [2.75, 3.05) is 5.43 Å². The number of anilines is 1. The standard InChI is InChI=1S/C6H6F3N3.2C2H6/c7-6(8,9)4-2-1-3-11-5(4)12-10;2*1-2/h1-3H,10H2,(H,11,12);2*1-2H3. The molecule has 0 amide bonds. The van der Waals surface area contributed by atoms with E-state index in [1.807, 2.05) is 33.1 Å². The Balaban J connectivity index is 0. The number of hydrazine groups is 1. The van der Waals surface area contributed by atoms with Gasteiger partial charge < -0.3 is 5.43 Å². The van der Waals surface area contributed by atoms with Gasteiger partial charge >= 0.3 is 6.18 Å². The van der Waals surface area contributed by atoms with E-state index in [2.05, 4.69) is 4.98 Å². The number of aromatic nitrogens is 1. The highest BCUT2D eigenvalue weighted by Crippen LogP contribution is 2.32. The predicted octanol–water partition coefficient (Wildman–Crippen LogP) is 3.44. The molecule has 1 aromatic rings. The van der Waals surface area contributed by atoms with Crippen molar-refractivity contribution in [3.8, 4) is 0 Å². The first kappa shape index (κ1) is 17.1. The average molecular weight is 237 g/mol. The van der Waals surface area contributed by atoms with Crippen LogP contribution in [-0.4, -0.2) is 4.98 Å². The molecule has 0 atom stereocenters. The summed E-state index contributed by atoms with van der Waals surface area (Å²) in [7, 11) is 0. The molecule has 3 nitrogen and oxygen atoms in total. The summed E-state index contributed by atoms with van der Waals surface area (Å²) in [5, 5.41) is 0. The van der Waals surface area contributed by atoms with Gasteiger partial charge in [-0.25, -0.2) is 10.8 Å². The van der Waals surface area contributed by atoms with Gasteiger partial charge in [0.1, 0.15) is 0 Å². The van der Waals surface area contributed by atoms with Crippen molar-refractivity contribution in [3.05, 3.63) is 23.9 Å². The van der Waals surface area contributed by atoms with Gasteiger partial charge in [0, 0.05) is 6.20 Å². The predicted molar refractivity (Wildman–Crippen MR) is 59.7 cm³/mol. The fourth-order valence-corrected chi connectivity index (χ4v) is 0.749. The first-order chi connectivity index (χ1) is 7.55. The summed E-state index contributed by atoms with van der Waals surface area (Å²) < 4.78 is 36.3. The van der Waals surface area contributed by atoms with Crippen LogP contribution in [0, 0.1) is 0 Å². The Labute approximate surface area is 93.8 Å². The second kappa shape index (κ2) is 8.96. The van der Waals surface area contributed by atoms with E-state index in [1.54, 1.807) is 0 Å². The van der Waals surface area contributed by atoms with Crippen LogP contribution in [0.5, 0.6) is 0 Å². The van der Waals surface area contributed by atoms with Crippen LogP contribution in [0.3, 0.4) is 0 Å². The highest BCUT2D eigenvalue weighted by molar-refractivity contribution is 5.44. The molecule has 0 saturated carbocycles.